The van der Waals surface area contributed by atoms with E-state index in [1.54, 1.807) is 11.9 Å². The third-order valence-corrected chi connectivity index (χ3v) is 3.58. The van der Waals surface area contributed by atoms with E-state index in [0.29, 0.717) is 12.3 Å². The van der Waals surface area contributed by atoms with Crippen molar-refractivity contribution in [1.82, 2.24) is 9.96 Å². The summed E-state index contributed by atoms with van der Waals surface area (Å²) in [5, 5.41) is 1.17. The Balaban J connectivity index is 2.08. The molecule has 0 N–H and O–H groups in total. The molecule has 1 aliphatic heterocycles. The number of likely N-dealkylation sites (tertiary alicyclic amines) is 1. The Morgan fingerprint density at radius 3 is 2.42 bits per heavy atom. The van der Waals surface area contributed by atoms with Crippen molar-refractivity contribution in [3.63, 3.8) is 0 Å². The van der Waals surface area contributed by atoms with Gasteiger partial charge in [0.25, 0.3) is 5.91 Å². The lowest BCUT2D eigenvalue weighted by molar-refractivity contribution is -0.173. The van der Waals surface area contributed by atoms with Crippen molar-refractivity contribution in [2.75, 3.05) is 14.2 Å². The van der Waals surface area contributed by atoms with Gasteiger partial charge in [-0.25, -0.2) is 9.86 Å². The number of amides is 2. The van der Waals surface area contributed by atoms with Gasteiger partial charge in [0.05, 0.1) is 7.11 Å². The third-order valence-electron chi connectivity index (χ3n) is 3.58. The zero-order valence-electron chi connectivity index (χ0n) is 12.2. The van der Waals surface area contributed by atoms with E-state index >= 15 is 0 Å². The standard InChI is InChI=1S/C13H22N2O4/c1-13(2,3)19-12(17)15-9-6-8(9)7-10(15)11(16)14(4)18-5/h8-10H,6-7H2,1-5H3. The predicted molar refractivity (Wildman–Crippen MR) is 68.2 cm³/mol. The first kappa shape index (κ1) is 14.1. The Labute approximate surface area is 113 Å². The van der Waals surface area contributed by atoms with Gasteiger partial charge in [0, 0.05) is 13.1 Å². The molecule has 2 aliphatic rings. The summed E-state index contributed by atoms with van der Waals surface area (Å²) in [4.78, 5) is 30.9. The van der Waals surface area contributed by atoms with E-state index in [-0.39, 0.29) is 11.9 Å². The van der Waals surface area contributed by atoms with Crippen LogP contribution < -0.4 is 0 Å². The van der Waals surface area contributed by atoms with Crippen LogP contribution in [0.15, 0.2) is 0 Å². The first-order valence-corrected chi connectivity index (χ1v) is 6.57. The van der Waals surface area contributed by atoms with Crippen LogP contribution in [0, 0.1) is 5.92 Å². The van der Waals surface area contributed by atoms with Crippen molar-refractivity contribution < 1.29 is 19.2 Å². The summed E-state index contributed by atoms with van der Waals surface area (Å²) in [5.74, 6) is 0.243. The highest BCUT2D eigenvalue weighted by Crippen LogP contribution is 2.48. The van der Waals surface area contributed by atoms with Crippen molar-refractivity contribution in [2.45, 2.75) is 51.3 Å². The highest BCUT2D eigenvalue weighted by Gasteiger charge is 2.57. The van der Waals surface area contributed by atoms with Crippen LogP contribution in [0.1, 0.15) is 33.6 Å². The van der Waals surface area contributed by atoms with Gasteiger partial charge in [0.15, 0.2) is 0 Å². The lowest BCUT2D eigenvalue weighted by Gasteiger charge is -2.31. The molecular weight excluding hydrogens is 248 g/mol. The Morgan fingerprint density at radius 2 is 1.89 bits per heavy atom. The van der Waals surface area contributed by atoms with E-state index in [9.17, 15) is 9.59 Å². The average Bonchev–Trinajstić information content (AvgIpc) is 2.95. The summed E-state index contributed by atoms with van der Waals surface area (Å²) >= 11 is 0. The lowest BCUT2D eigenvalue weighted by atomic mass is 10.1. The molecule has 0 aromatic carbocycles. The number of rotatable bonds is 2. The molecule has 1 saturated carbocycles. The molecule has 3 unspecified atom stereocenters. The maximum Gasteiger partial charge on any atom is 0.411 e. The van der Waals surface area contributed by atoms with Gasteiger partial charge in [0.2, 0.25) is 0 Å². The first-order chi connectivity index (χ1) is 8.74. The van der Waals surface area contributed by atoms with E-state index in [1.807, 2.05) is 20.8 Å². The van der Waals surface area contributed by atoms with Crippen LogP contribution in [0.2, 0.25) is 0 Å². The number of carbonyl (C=O) groups is 2. The second kappa shape index (κ2) is 4.67. The largest absolute Gasteiger partial charge is 0.444 e. The van der Waals surface area contributed by atoms with Crippen molar-refractivity contribution in [3.8, 4) is 0 Å². The fourth-order valence-corrected chi connectivity index (χ4v) is 2.55. The van der Waals surface area contributed by atoms with Crippen LogP contribution >= 0.6 is 0 Å². The number of carbonyl (C=O) groups excluding carboxylic acids is 2. The molecule has 0 spiro atoms. The molecule has 108 valence electrons. The minimum absolute atomic E-state index is 0.161. The summed E-state index contributed by atoms with van der Waals surface area (Å²) in [6.07, 6.45) is 1.27. The van der Waals surface area contributed by atoms with Gasteiger partial charge in [-0.3, -0.25) is 14.5 Å². The predicted octanol–water partition coefficient (Wildman–Crippen LogP) is 1.40. The minimum Gasteiger partial charge on any atom is -0.444 e. The van der Waals surface area contributed by atoms with Crippen LogP contribution in [0.25, 0.3) is 0 Å². The number of hydrogen-bond donors (Lipinski definition) is 0. The zero-order chi connectivity index (χ0) is 14.4. The summed E-state index contributed by atoms with van der Waals surface area (Å²) in [6.45, 7) is 5.47. The molecule has 0 aromatic rings. The molecule has 3 atom stereocenters. The van der Waals surface area contributed by atoms with Gasteiger partial charge in [-0.1, -0.05) is 0 Å². The lowest BCUT2D eigenvalue weighted by Crippen LogP contribution is -2.49. The Bertz CT molecular complexity index is 391. The van der Waals surface area contributed by atoms with Crippen LogP contribution in [-0.4, -0.2) is 53.8 Å². The van der Waals surface area contributed by atoms with Crippen molar-refractivity contribution in [3.05, 3.63) is 0 Å². The van der Waals surface area contributed by atoms with E-state index < -0.39 is 17.7 Å². The molecule has 2 rings (SSSR count). The molecule has 2 fully saturated rings. The minimum atomic E-state index is -0.551. The molecule has 6 heteroatoms. The van der Waals surface area contributed by atoms with Gasteiger partial charge in [-0.2, -0.15) is 0 Å². The Morgan fingerprint density at radius 1 is 1.26 bits per heavy atom. The SMILES string of the molecule is CON(C)C(=O)C1CC2CC2N1C(=O)OC(C)(C)C. The topological polar surface area (TPSA) is 59.1 Å². The quantitative estimate of drug-likeness (QED) is 0.712. The zero-order valence-corrected chi connectivity index (χ0v) is 12.2. The number of hydroxylamine groups is 2. The van der Waals surface area contributed by atoms with Gasteiger partial charge < -0.3 is 4.74 Å². The number of hydrogen-bond acceptors (Lipinski definition) is 4. The van der Waals surface area contributed by atoms with E-state index in [0.717, 1.165) is 6.42 Å². The fraction of sp³-hybridized carbons (Fsp3) is 0.846. The summed E-state index contributed by atoms with van der Waals surface area (Å²) in [6, 6.07) is -0.294. The van der Waals surface area contributed by atoms with Crippen LogP contribution in [0.3, 0.4) is 0 Å². The molecule has 0 radical (unpaired) electrons. The van der Waals surface area contributed by atoms with Crippen LogP contribution in [0.5, 0.6) is 0 Å². The summed E-state index contributed by atoms with van der Waals surface area (Å²) in [5.41, 5.74) is -0.551. The number of piperidine rings is 1. The second-order valence-electron chi connectivity index (χ2n) is 6.22. The number of ether oxygens (including phenoxy) is 1. The molecule has 0 bridgehead atoms. The molecule has 1 saturated heterocycles. The maximum absolute atomic E-state index is 12.2. The van der Waals surface area contributed by atoms with Gasteiger partial charge in [-0.05, 0) is 39.5 Å². The Kier molecular flexibility index (Phi) is 3.47. The Hall–Kier alpha value is -1.30. The summed E-state index contributed by atoms with van der Waals surface area (Å²) < 4.78 is 5.39. The molecule has 0 aromatic heterocycles. The molecule has 1 aliphatic carbocycles. The van der Waals surface area contributed by atoms with Gasteiger partial charge in [-0.15, -0.1) is 0 Å². The monoisotopic (exact) mass is 270 g/mol. The van der Waals surface area contributed by atoms with Crippen LogP contribution in [0.4, 0.5) is 4.79 Å². The first-order valence-electron chi connectivity index (χ1n) is 6.57. The van der Waals surface area contributed by atoms with E-state index in [1.165, 1.54) is 12.2 Å². The molecule has 19 heavy (non-hydrogen) atoms. The maximum atomic E-state index is 12.2. The van der Waals surface area contributed by atoms with Crippen molar-refractivity contribution in [1.29, 1.82) is 0 Å². The average molecular weight is 270 g/mol. The summed E-state index contributed by atoms with van der Waals surface area (Å²) in [7, 11) is 2.99. The van der Waals surface area contributed by atoms with Crippen molar-refractivity contribution >= 4 is 12.0 Å². The number of fused-ring (bicyclic) bond motifs is 1. The van der Waals surface area contributed by atoms with Crippen molar-refractivity contribution in [2.24, 2.45) is 5.92 Å². The van der Waals surface area contributed by atoms with Gasteiger partial charge in [0.1, 0.15) is 11.6 Å². The smallest absolute Gasteiger partial charge is 0.411 e. The normalized spacial score (nSPS) is 28.9. The number of nitrogens with zero attached hydrogens (tertiary/aromatic N) is 2. The molecule has 1 heterocycles. The molecule has 6 nitrogen and oxygen atoms in total. The van der Waals surface area contributed by atoms with Gasteiger partial charge >= 0.3 is 6.09 Å². The van der Waals surface area contributed by atoms with E-state index in [2.05, 4.69) is 0 Å². The third kappa shape index (κ3) is 2.83. The van der Waals surface area contributed by atoms with Crippen LogP contribution in [-0.2, 0) is 14.4 Å². The fourth-order valence-electron chi connectivity index (χ4n) is 2.55. The number of likely N-dealkylation sites (N-methyl/N-ethyl adjacent to an activating group) is 1. The molecule has 2 amide bonds. The van der Waals surface area contributed by atoms with E-state index in [4.69, 9.17) is 9.57 Å². The highest BCUT2D eigenvalue weighted by molar-refractivity contribution is 5.86. The highest BCUT2D eigenvalue weighted by atomic mass is 16.7. The second-order valence-corrected chi connectivity index (χ2v) is 6.22. The molecular formula is C13H22N2O4.